The highest BCUT2D eigenvalue weighted by Crippen LogP contribution is 2.30. The number of hydrogen-bond acceptors (Lipinski definition) is 3. The molecular formula is C13H7Cl3N2O2. The van der Waals surface area contributed by atoms with Gasteiger partial charge in [0.1, 0.15) is 5.82 Å². The molecule has 0 fully saturated rings. The second kappa shape index (κ2) is 6.22. The predicted octanol–water partition coefficient (Wildman–Crippen LogP) is 4.11. The van der Waals surface area contributed by atoms with Gasteiger partial charge >= 0.3 is 0 Å². The third-order valence-corrected chi connectivity index (χ3v) is 3.42. The summed E-state index contributed by atoms with van der Waals surface area (Å²) in [6.07, 6.45) is 2.00. The van der Waals surface area contributed by atoms with Gasteiger partial charge in [0.05, 0.1) is 15.6 Å². The zero-order valence-corrected chi connectivity index (χ0v) is 12.1. The number of benzene rings is 1. The average Bonchev–Trinajstić information content (AvgIpc) is 2.43. The summed E-state index contributed by atoms with van der Waals surface area (Å²) in [6, 6.07) is 5.88. The highest BCUT2D eigenvalue weighted by Gasteiger charge is 2.15. The molecule has 0 saturated carbocycles. The Bertz CT molecular complexity index is 672. The number of aromatic nitrogens is 1. The van der Waals surface area contributed by atoms with Crippen LogP contribution in [0.1, 0.15) is 20.7 Å². The SMILES string of the molecule is O=Cc1ccc(NC(=O)c2cc(Cl)cc(Cl)c2Cl)nc1. The van der Waals surface area contributed by atoms with E-state index in [0.717, 1.165) is 0 Å². The number of rotatable bonds is 3. The summed E-state index contributed by atoms with van der Waals surface area (Å²) in [5.41, 5.74) is 0.553. The van der Waals surface area contributed by atoms with E-state index in [4.69, 9.17) is 34.8 Å². The summed E-state index contributed by atoms with van der Waals surface area (Å²) in [5.74, 6) is -0.210. The van der Waals surface area contributed by atoms with Crippen molar-refractivity contribution in [3.63, 3.8) is 0 Å². The zero-order chi connectivity index (χ0) is 14.7. The summed E-state index contributed by atoms with van der Waals surface area (Å²) in [4.78, 5) is 26.5. The van der Waals surface area contributed by atoms with E-state index in [1.165, 1.54) is 30.5 Å². The largest absolute Gasteiger partial charge is 0.307 e. The molecule has 1 N–H and O–H groups in total. The molecule has 0 atom stereocenters. The number of nitrogens with one attached hydrogen (secondary N) is 1. The number of hydrogen-bond donors (Lipinski definition) is 1. The fourth-order valence-electron chi connectivity index (χ4n) is 1.45. The molecule has 2 aromatic rings. The van der Waals surface area contributed by atoms with E-state index >= 15 is 0 Å². The molecule has 7 heteroatoms. The first kappa shape index (κ1) is 14.8. The van der Waals surface area contributed by atoms with Crippen molar-refractivity contribution < 1.29 is 9.59 Å². The van der Waals surface area contributed by atoms with Gasteiger partial charge in [-0.05, 0) is 24.3 Å². The molecule has 0 aliphatic carbocycles. The minimum atomic E-state index is -0.495. The lowest BCUT2D eigenvalue weighted by molar-refractivity contribution is 0.102. The van der Waals surface area contributed by atoms with Crippen LogP contribution in [-0.2, 0) is 0 Å². The van der Waals surface area contributed by atoms with Crippen LogP contribution in [0, 0.1) is 0 Å². The van der Waals surface area contributed by atoms with E-state index in [1.54, 1.807) is 0 Å². The van der Waals surface area contributed by atoms with Crippen LogP contribution in [0.15, 0.2) is 30.5 Å². The van der Waals surface area contributed by atoms with Gasteiger partial charge in [-0.3, -0.25) is 9.59 Å². The Morgan fingerprint density at radius 3 is 2.55 bits per heavy atom. The second-order valence-electron chi connectivity index (χ2n) is 3.80. The maximum absolute atomic E-state index is 12.1. The van der Waals surface area contributed by atoms with Crippen LogP contribution in [0.25, 0.3) is 0 Å². The lowest BCUT2D eigenvalue weighted by atomic mass is 10.2. The fraction of sp³-hybridized carbons (Fsp3) is 0. The first-order valence-electron chi connectivity index (χ1n) is 5.38. The van der Waals surface area contributed by atoms with Crippen LogP contribution in [-0.4, -0.2) is 17.2 Å². The van der Waals surface area contributed by atoms with Crippen molar-refractivity contribution in [1.82, 2.24) is 4.98 Å². The number of carbonyl (C=O) groups is 2. The Morgan fingerprint density at radius 2 is 1.95 bits per heavy atom. The van der Waals surface area contributed by atoms with E-state index in [1.807, 2.05) is 0 Å². The van der Waals surface area contributed by atoms with Gasteiger partial charge in [0.25, 0.3) is 5.91 Å². The van der Waals surface area contributed by atoms with Crippen molar-refractivity contribution in [2.45, 2.75) is 0 Å². The normalized spacial score (nSPS) is 10.2. The molecule has 1 aromatic carbocycles. The van der Waals surface area contributed by atoms with Crippen molar-refractivity contribution in [3.05, 3.63) is 56.7 Å². The number of halogens is 3. The van der Waals surface area contributed by atoms with E-state index in [9.17, 15) is 9.59 Å². The molecule has 1 aromatic heterocycles. The molecule has 0 saturated heterocycles. The van der Waals surface area contributed by atoms with Crippen molar-refractivity contribution >= 4 is 52.8 Å². The number of aldehydes is 1. The number of amides is 1. The Labute approximate surface area is 129 Å². The number of anilines is 1. The highest BCUT2D eigenvalue weighted by molar-refractivity contribution is 6.45. The molecule has 0 aliphatic rings. The van der Waals surface area contributed by atoms with Gasteiger partial charge in [0, 0.05) is 16.8 Å². The number of carbonyl (C=O) groups excluding carboxylic acids is 2. The van der Waals surface area contributed by atoms with Crippen LogP contribution in [0.3, 0.4) is 0 Å². The Balaban J connectivity index is 2.25. The van der Waals surface area contributed by atoms with Crippen LogP contribution in [0.2, 0.25) is 15.1 Å². The third-order valence-electron chi connectivity index (χ3n) is 2.40. The summed E-state index contributed by atoms with van der Waals surface area (Å²) in [5, 5.41) is 3.13. The molecule has 1 amide bonds. The molecule has 2 rings (SSSR count). The summed E-state index contributed by atoms with van der Waals surface area (Å²) in [7, 11) is 0. The fourth-order valence-corrected chi connectivity index (χ4v) is 2.14. The minimum Gasteiger partial charge on any atom is -0.307 e. The Hall–Kier alpha value is -1.62. The van der Waals surface area contributed by atoms with Gasteiger partial charge in [0.15, 0.2) is 6.29 Å². The molecule has 0 unspecified atom stereocenters. The van der Waals surface area contributed by atoms with Gasteiger partial charge in [-0.1, -0.05) is 34.8 Å². The molecule has 0 spiro atoms. The first-order valence-corrected chi connectivity index (χ1v) is 6.52. The first-order chi connectivity index (χ1) is 9.51. The number of pyridine rings is 1. The predicted molar refractivity (Wildman–Crippen MR) is 79.0 cm³/mol. The molecule has 20 heavy (non-hydrogen) atoms. The van der Waals surface area contributed by atoms with E-state index < -0.39 is 5.91 Å². The quantitative estimate of drug-likeness (QED) is 0.681. The van der Waals surface area contributed by atoms with Gasteiger partial charge in [0.2, 0.25) is 0 Å². The van der Waals surface area contributed by atoms with Crippen molar-refractivity contribution in [2.24, 2.45) is 0 Å². The lowest BCUT2D eigenvalue weighted by Gasteiger charge is -2.08. The number of nitrogens with zero attached hydrogens (tertiary/aromatic N) is 1. The Morgan fingerprint density at radius 1 is 1.20 bits per heavy atom. The van der Waals surface area contributed by atoms with E-state index in [-0.39, 0.29) is 21.4 Å². The molecule has 0 aliphatic heterocycles. The van der Waals surface area contributed by atoms with Crippen LogP contribution < -0.4 is 5.32 Å². The summed E-state index contributed by atoms with van der Waals surface area (Å²) >= 11 is 17.6. The molecule has 0 radical (unpaired) electrons. The van der Waals surface area contributed by atoms with Gasteiger partial charge < -0.3 is 5.32 Å². The average molecular weight is 330 g/mol. The van der Waals surface area contributed by atoms with Crippen LogP contribution >= 0.6 is 34.8 Å². The lowest BCUT2D eigenvalue weighted by Crippen LogP contribution is -2.13. The van der Waals surface area contributed by atoms with Gasteiger partial charge in [-0.25, -0.2) is 4.98 Å². The van der Waals surface area contributed by atoms with Crippen LogP contribution in [0.4, 0.5) is 5.82 Å². The zero-order valence-electron chi connectivity index (χ0n) is 9.86. The van der Waals surface area contributed by atoms with E-state index in [2.05, 4.69) is 10.3 Å². The maximum atomic E-state index is 12.1. The summed E-state index contributed by atoms with van der Waals surface area (Å²) < 4.78 is 0. The highest BCUT2D eigenvalue weighted by atomic mass is 35.5. The third kappa shape index (κ3) is 3.28. The van der Waals surface area contributed by atoms with Crippen molar-refractivity contribution in [2.75, 3.05) is 5.32 Å². The maximum Gasteiger partial charge on any atom is 0.258 e. The van der Waals surface area contributed by atoms with Crippen LogP contribution in [0.5, 0.6) is 0 Å². The topological polar surface area (TPSA) is 59.1 Å². The van der Waals surface area contributed by atoms with Crippen molar-refractivity contribution in [1.29, 1.82) is 0 Å². The minimum absolute atomic E-state index is 0.109. The monoisotopic (exact) mass is 328 g/mol. The summed E-state index contributed by atoms with van der Waals surface area (Å²) in [6.45, 7) is 0. The van der Waals surface area contributed by atoms with Gasteiger partial charge in [-0.15, -0.1) is 0 Å². The standard InChI is InChI=1S/C13H7Cl3N2O2/c14-8-3-9(12(16)10(15)4-8)13(20)18-11-2-1-7(6-19)5-17-11/h1-6H,(H,17,18,20). The van der Waals surface area contributed by atoms with E-state index in [0.29, 0.717) is 16.9 Å². The molecule has 1 heterocycles. The second-order valence-corrected chi connectivity index (χ2v) is 5.02. The molecule has 0 bridgehead atoms. The molecule has 4 nitrogen and oxygen atoms in total. The van der Waals surface area contributed by atoms with Crippen molar-refractivity contribution in [3.8, 4) is 0 Å². The smallest absolute Gasteiger partial charge is 0.258 e. The molecule has 102 valence electrons. The molecular weight excluding hydrogens is 323 g/mol. The Kier molecular flexibility index (Phi) is 4.60. The van der Waals surface area contributed by atoms with Gasteiger partial charge in [-0.2, -0.15) is 0 Å².